The maximum atomic E-state index is 12.4. The largest absolute Gasteiger partial charge is 0.497 e. The first-order chi connectivity index (χ1) is 15.1. The van der Waals surface area contributed by atoms with E-state index in [9.17, 15) is 9.59 Å². The van der Waals surface area contributed by atoms with Crippen molar-refractivity contribution in [2.45, 2.75) is 19.4 Å². The van der Waals surface area contributed by atoms with Gasteiger partial charge in [-0.15, -0.1) is 0 Å². The summed E-state index contributed by atoms with van der Waals surface area (Å²) in [6.07, 6.45) is 0.670. The number of esters is 1. The third kappa shape index (κ3) is 4.53. The van der Waals surface area contributed by atoms with Crippen LogP contribution in [0.3, 0.4) is 0 Å². The van der Waals surface area contributed by atoms with Gasteiger partial charge in [0.2, 0.25) is 0 Å². The zero-order valence-electron chi connectivity index (χ0n) is 17.3. The Hall–Kier alpha value is -3.80. The van der Waals surface area contributed by atoms with E-state index in [2.05, 4.69) is 0 Å². The number of carbonyl (C=O) groups is 1. The van der Waals surface area contributed by atoms with E-state index in [0.717, 1.165) is 21.7 Å². The Morgan fingerprint density at radius 2 is 1.68 bits per heavy atom. The molecule has 0 unspecified atom stereocenters. The lowest BCUT2D eigenvalue weighted by molar-refractivity contribution is -0.144. The summed E-state index contributed by atoms with van der Waals surface area (Å²) >= 11 is 0. The third-order valence-electron chi connectivity index (χ3n) is 5.13. The number of benzene rings is 3. The van der Waals surface area contributed by atoms with Gasteiger partial charge in [-0.3, -0.25) is 4.79 Å². The standard InChI is InChI=1S/C25H22O6/c1-28-19-11-16(12-20(14-19)29-2)7-10-23(26)30-15-18-13-24(27)31-22-9-8-17-5-3-4-6-21(17)25(18)22/h3-6,8-9,11-14H,7,10,15H2,1-2H3. The molecule has 0 N–H and O–H groups in total. The van der Waals surface area contributed by atoms with E-state index in [4.69, 9.17) is 18.6 Å². The fraction of sp³-hybridized carbons (Fsp3) is 0.200. The van der Waals surface area contributed by atoms with Crippen molar-refractivity contribution < 1.29 is 23.4 Å². The molecular formula is C25H22O6. The van der Waals surface area contributed by atoms with Gasteiger partial charge in [0.15, 0.2) is 0 Å². The van der Waals surface area contributed by atoms with Gasteiger partial charge in [-0.1, -0.05) is 30.3 Å². The Kier molecular flexibility index (Phi) is 5.89. The lowest BCUT2D eigenvalue weighted by atomic mass is 10.0. The molecule has 0 radical (unpaired) electrons. The highest BCUT2D eigenvalue weighted by molar-refractivity contribution is 6.07. The second-order valence-electron chi connectivity index (χ2n) is 7.13. The van der Waals surface area contributed by atoms with Crippen LogP contribution >= 0.6 is 0 Å². The maximum Gasteiger partial charge on any atom is 0.336 e. The molecule has 0 bridgehead atoms. The van der Waals surface area contributed by atoms with Gasteiger partial charge in [-0.25, -0.2) is 4.79 Å². The molecule has 0 amide bonds. The minimum Gasteiger partial charge on any atom is -0.497 e. The van der Waals surface area contributed by atoms with Crippen molar-refractivity contribution in [1.29, 1.82) is 0 Å². The van der Waals surface area contributed by atoms with Crippen LogP contribution in [0.15, 0.2) is 69.9 Å². The van der Waals surface area contributed by atoms with Crippen LogP contribution in [-0.4, -0.2) is 20.2 Å². The topological polar surface area (TPSA) is 75.0 Å². The molecule has 4 aromatic rings. The molecule has 158 valence electrons. The van der Waals surface area contributed by atoms with Crippen molar-refractivity contribution in [3.63, 3.8) is 0 Å². The summed E-state index contributed by atoms with van der Waals surface area (Å²) in [6, 6.07) is 18.4. The zero-order valence-corrected chi connectivity index (χ0v) is 17.3. The molecule has 1 aromatic heterocycles. The lowest BCUT2D eigenvalue weighted by Crippen LogP contribution is -2.08. The summed E-state index contributed by atoms with van der Waals surface area (Å²) in [7, 11) is 3.16. The Labute approximate surface area is 179 Å². The summed E-state index contributed by atoms with van der Waals surface area (Å²) in [5.41, 5.74) is 1.53. The SMILES string of the molecule is COc1cc(CCC(=O)OCc2cc(=O)oc3ccc4ccccc4c23)cc(OC)c1. The Balaban J connectivity index is 1.51. The Morgan fingerprint density at radius 1 is 0.935 bits per heavy atom. The highest BCUT2D eigenvalue weighted by atomic mass is 16.5. The van der Waals surface area contributed by atoms with Gasteiger partial charge >= 0.3 is 11.6 Å². The van der Waals surface area contributed by atoms with E-state index >= 15 is 0 Å². The van der Waals surface area contributed by atoms with E-state index in [1.807, 2.05) is 42.5 Å². The number of rotatable bonds is 7. The van der Waals surface area contributed by atoms with Crippen LogP contribution < -0.4 is 15.1 Å². The summed E-state index contributed by atoms with van der Waals surface area (Å²) in [5.74, 6) is 0.970. The number of aryl methyl sites for hydroxylation is 1. The van der Waals surface area contributed by atoms with E-state index < -0.39 is 5.63 Å². The third-order valence-corrected chi connectivity index (χ3v) is 5.13. The van der Waals surface area contributed by atoms with E-state index in [0.29, 0.717) is 29.1 Å². The van der Waals surface area contributed by atoms with Gasteiger partial charge < -0.3 is 18.6 Å². The van der Waals surface area contributed by atoms with Crippen molar-refractivity contribution in [2.75, 3.05) is 14.2 Å². The summed E-state index contributed by atoms with van der Waals surface area (Å²) in [4.78, 5) is 24.4. The maximum absolute atomic E-state index is 12.4. The molecule has 0 saturated heterocycles. The molecule has 0 spiro atoms. The van der Waals surface area contributed by atoms with Crippen molar-refractivity contribution >= 4 is 27.7 Å². The first-order valence-corrected chi connectivity index (χ1v) is 9.89. The molecule has 0 aliphatic carbocycles. The molecule has 0 saturated carbocycles. The number of carbonyl (C=O) groups excluding carboxylic acids is 1. The van der Waals surface area contributed by atoms with E-state index in [1.165, 1.54) is 6.07 Å². The van der Waals surface area contributed by atoms with Gasteiger partial charge in [0, 0.05) is 29.5 Å². The summed E-state index contributed by atoms with van der Waals surface area (Å²) in [6.45, 7) is -0.00360. The van der Waals surface area contributed by atoms with Crippen LogP contribution in [0.1, 0.15) is 17.5 Å². The molecule has 4 rings (SSSR count). The van der Waals surface area contributed by atoms with E-state index in [-0.39, 0.29) is 19.0 Å². The summed E-state index contributed by atoms with van der Waals surface area (Å²) < 4.78 is 21.4. The van der Waals surface area contributed by atoms with E-state index in [1.54, 1.807) is 26.4 Å². The normalized spacial score (nSPS) is 10.9. The molecular weight excluding hydrogens is 396 g/mol. The fourth-order valence-electron chi connectivity index (χ4n) is 3.62. The molecule has 0 aliphatic heterocycles. The van der Waals surface area contributed by atoms with Gasteiger partial charge in [0.25, 0.3) is 0 Å². The fourth-order valence-corrected chi connectivity index (χ4v) is 3.62. The van der Waals surface area contributed by atoms with Crippen LogP contribution in [0.2, 0.25) is 0 Å². The van der Waals surface area contributed by atoms with Crippen molar-refractivity contribution in [3.8, 4) is 11.5 Å². The second kappa shape index (κ2) is 8.92. The number of methoxy groups -OCH3 is 2. The molecule has 0 fully saturated rings. The number of fused-ring (bicyclic) bond motifs is 3. The minimum atomic E-state index is -0.475. The quantitative estimate of drug-likeness (QED) is 0.247. The van der Waals surface area contributed by atoms with Crippen LogP contribution in [-0.2, 0) is 22.6 Å². The molecule has 3 aromatic carbocycles. The lowest BCUT2D eigenvalue weighted by Gasteiger charge is -2.10. The van der Waals surface area contributed by atoms with Crippen LogP contribution in [0.25, 0.3) is 21.7 Å². The van der Waals surface area contributed by atoms with Crippen LogP contribution in [0.5, 0.6) is 11.5 Å². The second-order valence-corrected chi connectivity index (χ2v) is 7.13. The van der Waals surface area contributed by atoms with Gasteiger partial charge in [0.1, 0.15) is 23.7 Å². The van der Waals surface area contributed by atoms with Crippen molar-refractivity contribution in [2.24, 2.45) is 0 Å². The number of hydrogen-bond acceptors (Lipinski definition) is 6. The monoisotopic (exact) mass is 418 g/mol. The molecule has 1 heterocycles. The van der Waals surface area contributed by atoms with Gasteiger partial charge in [-0.2, -0.15) is 0 Å². The average Bonchev–Trinajstić information content (AvgIpc) is 2.80. The van der Waals surface area contributed by atoms with Gasteiger partial charge in [0.05, 0.1) is 14.2 Å². The van der Waals surface area contributed by atoms with Crippen molar-refractivity contribution in [3.05, 3.63) is 82.2 Å². The Bertz CT molecular complexity index is 1280. The molecule has 31 heavy (non-hydrogen) atoms. The molecule has 0 aliphatic rings. The predicted molar refractivity (Wildman–Crippen MR) is 118 cm³/mol. The smallest absolute Gasteiger partial charge is 0.336 e. The minimum absolute atomic E-state index is 0.00360. The Morgan fingerprint density at radius 3 is 2.42 bits per heavy atom. The summed E-state index contributed by atoms with van der Waals surface area (Å²) in [5, 5.41) is 2.74. The zero-order chi connectivity index (χ0) is 21.8. The predicted octanol–water partition coefficient (Wildman–Crippen LogP) is 4.64. The highest BCUT2D eigenvalue weighted by Crippen LogP contribution is 2.28. The molecule has 6 nitrogen and oxygen atoms in total. The first kappa shape index (κ1) is 20.5. The number of hydrogen-bond donors (Lipinski definition) is 0. The highest BCUT2D eigenvalue weighted by Gasteiger charge is 2.12. The van der Waals surface area contributed by atoms with Crippen LogP contribution in [0, 0.1) is 0 Å². The van der Waals surface area contributed by atoms with Crippen molar-refractivity contribution in [1.82, 2.24) is 0 Å². The van der Waals surface area contributed by atoms with Crippen LogP contribution in [0.4, 0.5) is 0 Å². The first-order valence-electron chi connectivity index (χ1n) is 9.89. The average molecular weight is 418 g/mol. The molecule has 6 heteroatoms. The number of ether oxygens (including phenoxy) is 3. The van der Waals surface area contributed by atoms with Gasteiger partial charge in [-0.05, 0) is 41.0 Å². The molecule has 0 atom stereocenters.